The lowest BCUT2D eigenvalue weighted by Gasteiger charge is -2.48. The van der Waals surface area contributed by atoms with E-state index in [1.165, 1.54) is 30.3 Å². The van der Waals surface area contributed by atoms with Crippen LogP contribution in [0.15, 0.2) is 30.3 Å². The van der Waals surface area contributed by atoms with E-state index in [0.29, 0.717) is 48.2 Å². The predicted molar refractivity (Wildman–Crippen MR) is 159 cm³/mol. The lowest BCUT2D eigenvalue weighted by atomic mass is 9.90. The number of alkyl halides is 1. The first kappa shape index (κ1) is 27.8. The molecule has 0 saturated carbocycles. The summed E-state index contributed by atoms with van der Waals surface area (Å²) in [6.07, 6.45) is 2.47. The van der Waals surface area contributed by atoms with Crippen molar-refractivity contribution in [2.75, 3.05) is 37.7 Å². The molecule has 6 heterocycles. The first-order chi connectivity index (χ1) is 21.2. The fourth-order valence-electron chi connectivity index (χ4n) is 8.09. The first-order valence-corrected chi connectivity index (χ1v) is 15.4. The van der Waals surface area contributed by atoms with Gasteiger partial charge in [-0.3, -0.25) is 4.90 Å². The van der Waals surface area contributed by atoms with Gasteiger partial charge in [0.2, 0.25) is 0 Å². The standard InChI is InChI=1S/C33H33F4N5O2/c1-2-22-25(35)5-4-17-8-21(43)10-23(27(17)22)28-26(36)11-24-30(29(28)37)39-32(40-31(24)41-14-19-9-20(15-41)38-19)44-16-33-6-3-7-42(33)13-18(34)12-33/h4-5,8,10-11,18-20,38,43H,2-3,6-7,9,12-16H2,1H3/t18-,19-,20+,33+/m1/s1. The van der Waals surface area contributed by atoms with Gasteiger partial charge in [0.25, 0.3) is 0 Å². The monoisotopic (exact) mass is 607 g/mol. The molecule has 9 rings (SSSR count). The van der Waals surface area contributed by atoms with Crippen LogP contribution >= 0.6 is 0 Å². The van der Waals surface area contributed by atoms with Crippen molar-refractivity contribution >= 4 is 27.5 Å². The van der Waals surface area contributed by atoms with Crippen LogP contribution in [0.4, 0.5) is 23.4 Å². The summed E-state index contributed by atoms with van der Waals surface area (Å²) < 4.78 is 68.4. The van der Waals surface area contributed by atoms with E-state index >= 15 is 8.78 Å². The summed E-state index contributed by atoms with van der Waals surface area (Å²) in [5, 5.41) is 15.0. The van der Waals surface area contributed by atoms with E-state index in [9.17, 15) is 13.9 Å². The van der Waals surface area contributed by atoms with Crippen molar-refractivity contribution in [3.8, 4) is 22.9 Å². The van der Waals surface area contributed by atoms with E-state index in [1.807, 2.05) is 4.90 Å². The molecule has 5 aliphatic rings. The number of halogens is 4. The summed E-state index contributed by atoms with van der Waals surface area (Å²) in [7, 11) is 0. The number of benzene rings is 3. The van der Waals surface area contributed by atoms with Gasteiger partial charge in [0.1, 0.15) is 41.5 Å². The van der Waals surface area contributed by atoms with E-state index in [4.69, 9.17) is 4.74 Å². The van der Waals surface area contributed by atoms with Gasteiger partial charge in [-0.25, -0.2) is 17.6 Å². The summed E-state index contributed by atoms with van der Waals surface area (Å²) in [6.45, 7) is 4.33. The Morgan fingerprint density at radius 1 is 1.07 bits per heavy atom. The van der Waals surface area contributed by atoms with Gasteiger partial charge in [-0.1, -0.05) is 13.0 Å². The van der Waals surface area contributed by atoms with Crippen LogP contribution in [0.1, 0.15) is 38.2 Å². The predicted octanol–water partition coefficient (Wildman–Crippen LogP) is 5.64. The summed E-state index contributed by atoms with van der Waals surface area (Å²) in [4.78, 5) is 13.3. The number of nitrogens with zero attached hydrogens (tertiary/aromatic N) is 4. The number of ether oxygens (including phenoxy) is 1. The highest BCUT2D eigenvalue weighted by molar-refractivity contribution is 6.03. The molecule has 0 aliphatic carbocycles. The molecule has 4 atom stereocenters. The lowest BCUT2D eigenvalue weighted by Crippen LogP contribution is -2.67. The molecule has 4 aromatic rings. The maximum Gasteiger partial charge on any atom is 0.319 e. The van der Waals surface area contributed by atoms with Gasteiger partial charge in [0, 0.05) is 43.5 Å². The van der Waals surface area contributed by atoms with E-state index in [2.05, 4.69) is 20.2 Å². The Morgan fingerprint density at radius 3 is 2.64 bits per heavy atom. The molecule has 5 saturated heterocycles. The van der Waals surface area contributed by atoms with Gasteiger partial charge in [-0.2, -0.15) is 9.97 Å². The number of rotatable bonds is 6. The minimum atomic E-state index is -0.947. The van der Waals surface area contributed by atoms with Gasteiger partial charge in [-0.05, 0) is 78.4 Å². The molecule has 11 heteroatoms. The number of anilines is 1. The minimum absolute atomic E-state index is 0.0414. The zero-order valence-corrected chi connectivity index (χ0v) is 24.3. The molecule has 5 aliphatic heterocycles. The van der Waals surface area contributed by atoms with Crippen LogP contribution in [-0.4, -0.2) is 76.6 Å². The van der Waals surface area contributed by atoms with Gasteiger partial charge in [0.05, 0.1) is 11.1 Å². The second kappa shape index (κ2) is 10.2. The smallest absolute Gasteiger partial charge is 0.319 e. The molecular weight excluding hydrogens is 574 g/mol. The first-order valence-electron chi connectivity index (χ1n) is 15.4. The molecule has 0 spiro atoms. The number of aromatic nitrogens is 2. The van der Waals surface area contributed by atoms with E-state index in [-0.39, 0.29) is 53.3 Å². The molecule has 230 valence electrons. The van der Waals surface area contributed by atoms with Crippen LogP contribution in [-0.2, 0) is 6.42 Å². The van der Waals surface area contributed by atoms with E-state index < -0.39 is 34.7 Å². The highest BCUT2D eigenvalue weighted by atomic mass is 19.1. The van der Waals surface area contributed by atoms with Crippen molar-refractivity contribution in [1.29, 1.82) is 0 Å². The molecule has 1 aromatic heterocycles. The second-order valence-electron chi connectivity index (χ2n) is 12.8. The fraction of sp³-hybridized carbons (Fsp3) is 0.455. The summed E-state index contributed by atoms with van der Waals surface area (Å²) >= 11 is 0. The SMILES string of the molecule is CCc1c(F)ccc2cc(O)cc(-c3c(F)cc4c(N5C[C@H]6C[C@@H](C5)N6)nc(OC[C@@]56CCCN5C[C@H](F)C6)nc4c3F)c12. The van der Waals surface area contributed by atoms with Crippen LogP contribution in [0.2, 0.25) is 0 Å². The summed E-state index contributed by atoms with van der Waals surface area (Å²) in [6, 6.07) is 7.17. The van der Waals surface area contributed by atoms with Crippen LogP contribution in [0.25, 0.3) is 32.8 Å². The normalized spacial score (nSPS) is 26.4. The van der Waals surface area contributed by atoms with Gasteiger partial charge in [-0.15, -0.1) is 0 Å². The second-order valence-corrected chi connectivity index (χ2v) is 12.8. The Hall–Kier alpha value is -3.70. The molecule has 5 fully saturated rings. The van der Waals surface area contributed by atoms with Gasteiger partial charge < -0.3 is 20.1 Å². The average molecular weight is 608 g/mol. The van der Waals surface area contributed by atoms with Crippen LogP contribution in [0.3, 0.4) is 0 Å². The average Bonchev–Trinajstić information content (AvgIpc) is 3.51. The van der Waals surface area contributed by atoms with E-state index in [1.54, 1.807) is 6.92 Å². The van der Waals surface area contributed by atoms with Crippen molar-refractivity contribution in [2.24, 2.45) is 0 Å². The molecular formula is C33H33F4N5O2. The van der Waals surface area contributed by atoms with Crippen LogP contribution in [0, 0.1) is 17.5 Å². The molecule has 0 amide bonds. The third kappa shape index (κ3) is 4.30. The Kier molecular flexibility index (Phi) is 6.43. The van der Waals surface area contributed by atoms with Crippen molar-refractivity contribution in [1.82, 2.24) is 20.2 Å². The Labute approximate surface area is 251 Å². The molecule has 3 aromatic carbocycles. The van der Waals surface area contributed by atoms with Gasteiger partial charge in [0.15, 0.2) is 5.82 Å². The van der Waals surface area contributed by atoms with Crippen LogP contribution in [0.5, 0.6) is 11.8 Å². The number of phenolic OH excluding ortho intramolecular Hbond substituents is 1. The minimum Gasteiger partial charge on any atom is -0.508 e. The number of piperazine rings is 1. The Balaban J connectivity index is 1.29. The topological polar surface area (TPSA) is 73.8 Å². The molecule has 2 bridgehead atoms. The maximum absolute atomic E-state index is 16.8. The number of phenols is 1. The van der Waals surface area contributed by atoms with E-state index in [0.717, 1.165) is 25.8 Å². The number of piperidine rings is 1. The largest absolute Gasteiger partial charge is 0.508 e. The van der Waals surface area contributed by atoms with Crippen molar-refractivity contribution < 1.29 is 27.4 Å². The molecule has 0 radical (unpaired) electrons. The highest BCUT2D eigenvalue weighted by Crippen LogP contribution is 2.43. The quantitative estimate of drug-likeness (QED) is 0.275. The highest BCUT2D eigenvalue weighted by Gasteiger charge is 2.49. The number of aromatic hydroxyl groups is 1. The number of hydrogen-bond acceptors (Lipinski definition) is 7. The zero-order valence-electron chi connectivity index (χ0n) is 24.3. The number of nitrogens with one attached hydrogen (secondary N) is 1. The number of aryl methyl sites for hydroxylation is 1. The van der Waals surface area contributed by atoms with Crippen molar-refractivity contribution in [3.05, 3.63) is 53.3 Å². The Morgan fingerprint density at radius 2 is 1.86 bits per heavy atom. The van der Waals surface area contributed by atoms with Crippen LogP contribution < -0.4 is 15.0 Å². The third-order valence-corrected chi connectivity index (χ3v) is 10.1. The van der Waals surface area contributed by atoms with Crippen molar-refractivity contribution in [2.45, 2.75) is 62.8 Å². The summed E-state index contributed by atoms with van der Waals surface area (Å²) in [5.74, 6) is -2.13. The maximum atomic E-state index is 16.8. The molecule has 0 unspecified atom stereocenters. The zero-order chi connectivity index (χ0) is 30.3. The summed E-state index contributed by atoms with van der Waals surface area (Å²) in [5.41, 5.74) is -0.654. The third-order valence-electron chi connectivity index (χ3n) is 10.1. The van der Waals surface area contributed by atoms with Gasteiger partial charge >= 0.3 is 6.01 Å². The molecule has 44 heavy (non-hydrogen) atoms. The number of fused-ring (bicyclic) bond motifs is 5. The Bertz CT molecular complexity index is 1810. The molecule has 2 N–H and O–H groups in total. The fourth-order valence-corrected chi connectivity index (χ4v) is 8.09. The number of hydrogen-bond donors (Lipinski definition) is 2. The molecule has 7 nitrogen and oxygen atoms in total. The lowest BCUT2D eigenvalue weighted by molar-refractivity contribution is 0.107. The van der Waals surface area contributed by atoms with Crippen molar-refractivity contribution in [3.63, 3.8) is 0 Å².